The number of nitrogens with zero attached hydrogens (tertiary/aromatic N) is 5. The van der Waals surface area contributed by atoms with Crippen LogP contribution in [0.2, 0.25) is 0 Å². The number of phenols is 1. The van der Waals surface area contributed by atoms with Gasteiger partial charge in [0, 0.05) is 73.5 Å². The van der Waals surface area contributed by atoms with E-state index in [4.69, 9.17) is 14.5 Å². The Hall–Kier alpha value is -3.84. The Labute approximate surface area is 286 Å². The maximum Gasteiger partial charge on any atom is 0.410 e. The van der Waals surface area contributed by atoms with Crippen LogP contribution in [0.25, 0.3) is 22.3 Å². The minimum atomic E-state index is -0.504. The summed E-state index contributed by atoms with van der Waals surface area (Å²) < 4.78 is 10.8. The van der Waals surface area contributed by atoms with Crippen LogP contribution >= 0.6 is 22.6 Å². The standard InChI is InChI=1S/C32H37N5O5.C2H6.CH3I/c1-32(2,3)42-31(40)36-13-11-35(12-14-36)23-7-5-22(6-8-23)30-21-33-28-10-9-24(19-29(28)34-30)37(15-16-38)25-17-26(39)20-27(18-25)41-4;2*1-2/h5-10,17-21,38-39H,11-16H2,1-4H3;1-2H3;1H3. The van der Waals surface area contributed by atoms with Crippen molar-refractivity contribution in [2.75, 3.05) is 61.2 Å². The van der Waals surface area contributed by atoms with Gasteiger partial charge in [-0.1, -0.05) is 48.6 Å². The first-order valence-corrected chi connectivity index (χ1v) is 17.5. The zero-order valence-corrected chi connectivity index (χ0v) is 30.0. The average Bonchev–Trinajstić information content (AvgIpc) is 3.07. The van der Waals surface area contributed by atoms with Crippen molar-refractivity contribution in [1.82, 2.24) is 14.9 Å². The summed E-state index contributed by atoms with van der Waals surface area (Å²) in [6, 6.07) is 18.9. The molecule has 1 fully saturated rings. The van der Waals surface area contributed by atoms with E-state index in [9.17, 15) is 15.0 Å². The lowest BCUT2D eigenvalue weighted by Gasteiger charge is -2.36. The zero-order valence-electron chi connectivity index (χ0n) is 27.8. The Bertz CT molecular complexity index is 1550. The number of phenolic OH excluding ortho intramolecular Hbond substituents is 1. The van der Waals surface area contributed by atoms with E-state index in [0.29, 0.717) is 36.6 Å². The molecule has 0 atom stereocenters. The molecule has 4 aromatic rings. The van der Waals surface area contributed by atoms with E-state index in [-0.39, 0.29) is 18.4 Å². The third-order valence-corrected chi connectivity index (χ3v) is 7.04. The summed E-state index contributed by atoms with van der Waals surface area (Å²) in [5.74, 6) is 0.590. The quantitative estimate of drug-likeness (QED) is 0.149. The molecule has 5 rings (SSSR count). The molecular formula is C35H46IN5O5. The SMILES string of the molecule is CC.CI.COc1cc(O)cc(N(CCO)c2ccc3ncc(-c4ccc(N5CCN(C(=O)OC(C)(C)C)CC5)cc4)nc3c2)c1. The van der Waals surface area contributed by atoms with Crippen LogP contribution in [-0.4, -0.2) is 88.1 Å². The smallest absolute Gasteiger partial charge is 0.410 e. The molecule has 2 heterocycles. The molecule has 1 amide bonds. The third-order valence-electron chi connectivity index (χ3n) is 7.04. The van der Waals surface area contributed by atoms with Gasteiger partial charge in [-0.2, -0.15) is 0 Å². The van der Waals surface area contributed by atoms with Gasteiger partial charge < -0.3 is 34.4 Å². The molecule has 10 nitrogen and oxygen atoms in total. The van der Waals surface area contributed by atoms with Gasteiger partial charge in [-0.05, 0) is 56.0 Å². The number of fused-ring (bicyclic) bond motifs is 1. The Kier molecular flexibility index (Phi) is 13.7. The number of ether oxygens (including phenoxy) is 2. The van der Waals surface area contributed by atoms with Crippen molar-refractivity contribution in [3.8, 4) is 22.8 Å². The van der Waals surface area contributed by atoms with Crippen molar-refractivity contribution >= 4 is 56.8 Å². The maximum atomic E-state index is 12.4. The number of piperazine rings is 1. The van der Waals surface area contributed by atoms with Gasteiger partial charge in [0.1, 0.15) is 17.1 Å². The number of aromatic hydroxyl groups is 1. The van der Waals surface area contributed by atoms with Gasteiger partial charge in [0.2, 0.25) is 0 Å². The second-order valence-electron chi connectivity index (χ2n) is 11.2. The number of hydrogen-bond acceptors (Lipinski definition) is 9. The number of halogens is 1. The van der Waals surface area contributed by atoms with E-state index in [0.717, 1.165) is 41.2 Å². The fourth-order valence-corrected chi connectivity index (χ4v) is 4.97. The Morgan fingerprint density at radius 3 is 2.22 bits per heavy atom. The molecule has 0 bridgehead atoms. The lowest BCUT2D eigenvalue weighted by Crippen LogP contribution is -2.50. The molecule has 0 unspecified atom stereocenters. The lowest BCUT2D eigenvalue weighted by atomic mass is 10.1. The van der Waals surface area contributed by atoms with Gasteiger partial charge in [-0.25, -0.2) is 9.78 Å². The van der Waals surface area contributed by atoms with Gasteiger partial charge in [0.05, 0.1) is 36.6 Å². The highest BCUT2D eigenvalue weighted by Gasteiger charge is 2.26. The largest absolute Gasteiger partial charge is 0.508 e. The molecule has 1 saturated heterocycles. The molecule has 1 aliphatic heterocycles. The highest BCUT2D eigenvalue weighted by atomic mass is 127. The highest BCUT2D eigenvalue weighted by Crippen LogP contribution is 2.34. The molecule has 248 valence electrons. The van der Waals surface area contributed by atoms with E-state index in [1.165, 1.54) is 6.07 Å². The van der Waals surface area contributed by atoms with Gasteiger partial charge in [0.25, 0.3) is 0 Å². The third kappa shape index (κ3) is 9.58. The second-order valence-corrected chi connectivity index (χ2v) is 11.2. The molecule has 1 aromatic heterocycles. The highest BCUT2D eigenvalue weighted by molar-refractivity contribution is 14.1. The molecular weight excluding hydrogens is 697 g/mol. The molecule has 46 heavy (non-hydrogen) atoms. The van der Waals surface area contributed by atoms with Crippen LogP contribution in [0.3, 0.4) is 0 Å². The number of benzene rings is 3. The fraction of sp³-hybridized carbons (Fsp3) is 0.400. The topological polar surface area (TPSA) is 111 Å². The maximum absolute atomic E-state index is 12.4. The molecule has 2 N–H and O–H groups in total. The van der Waals surface area contributed by atoms with Crippen molar-refractivity contribution in [3.05, 3.63) is 66.9 Å². The van der Waals surface area contributed by atoms with Crippen molar-refractivity contribution in [2.45, 2.75) is 40.2 Å². The summed E-state index contributed by atoms with van der Waals surface area (Å²) in [6.07, 6.45) is 1.50. The van der Waals surface area contributed by atoms with Crippen molar-refractivity contribution in [2.24, 2.45) is 0 Å². The molecule has 0 saturated carbocycles. The monoisotopic (exact) mass is 743 g/mol. The van der Waals surface area contributed by atoms with E-state index in [1.54, 1.807) is 30.3 Å². The number of alkyl halides is 1. The number of aliphatic hydroxyl groups is 1. The number of methoxy groups -OCH3 is 1. The Morgan fingerprint density at radius 1 is 0.935 bits per heavy atom. The number of rotatable bonds is 7. The first-order valence-electron chi connectivity index (χ1n) is 15.4. The van der Waals surface area contributed by atoms with Crippen LogP contribution in [0, 0.1) is 0 Å². The predicted molar refractivity (Wildman–Crippen MR) is 195 cm³/mol. The van der Waals surface area contributed by atoms with Crippen LogP contribution in [0.1, 0.15) is 34.6 Å². The molecule has 0 spiro atoms. The van der Waals surface area contributed by atoms with Gasteiger partial charge in [0.15, 0.2) is 0 Å². The van der Waals surface area contributed by atoms with Gasteiger partial charge in [-0.15, -0.1) is 0 Å². The number of hydrogen-bond donors (Lipinski definition) is 2. The molecule has 11 heteroatoms. The number of carbonyl (C=O) groups is 1. The van der Waals surface area contributed by atoms with Crippen LogP contribution < -0.4 is 14.5 Å². The minimum Gasteiger partial charge on any atom is -0.508 e. The van der Waals surface area contributed by atoms with Crippen LogP contribution in [0.5, 0.6) is 11.5 Å². The predicted octanol–water partition coefficient (Wildman–Crippen LogP) is 7.28. The van der Waals surface area contributed by atoms with Crippen LogP contribution in [0.15, 0.2) is 66.9 Å². The Morgan fingerprint density at radius 2 is 1.61 bits per heavy atom. The number of carbonyl (C=O) groups excluding carboxylic acids is 1. The summed E-state index contributed by atoms with van der Waals surface area (Å²) in [5.41, 5.74) is 5.21. The number of aromatic nitrogens is 2. The van der Waals surface area contributed by atoms with E-state index in [1.807, 2.05) is 74.8 Å². The van der Waals surface area contributed by atoms with Crippen molar-refractivity contribution in [3.63, 3.8) is 0 Å². The zero-order chi connectivity index (χ0) is 33.9. The molecule has 1 aliphatic rings. The summed E-state index contributed by atoms with van der Waals surface area (Å²) >= 11 is 2.15. The number of amides is 1. The van der Waals surface area contributed by atoms with Crippen molar-refractivity contribution in [1.29, 1.82) is 0 Å². The summed E-state index contributed by atoms with van der Waals surface area (Å²) in [4.78, 5) is 29.8. The lowest BCUT2D eigenvalue weighted by molar-refractivity contribution is 0.0240. The summed E-state index contributed by atoms with van der Waals surface area (Å²) in [7, 11) is 1.54. The van der Waals surface area contributed by atoms with Crippen molar-refractivity contribution < 1.29 is 24.5 Å². The first kappa shape index (κ1) is 36.6. The molecule has 0 radical (unpaired) electrons. The minimum absolute atomic E-state index is 0.0727. The first-order chi connectivity index (χ1) is 22.1. The molecule has 0 aliphatic carbocycles. The normalized spacial score (nSPS) is 12.8. The van der Waals surface area contributed by atoms with E-state index < -0.39 is 5.60 Å². The van der Waals surface area contributed by atoms with Crippen LogP contribution in [-0.2, 0) is 4.74 Å². The number of aliphatic hydroxyl groups excluding tert-OH is 1. The molecule has 3 aromatic carbocycles. The van der Waals surface area contributed by atoms with Gasteiger partial charge >= 0.3 is 6.09 Å². The van der Waals surface area contributed by atoms with Crippen LogP contribution in [0.4, 0.5) is 21.9 Å². The number of anilines is 3. The summed E-state index contributed by atoms with van der Waals surface area (Å²) in [5, 5.41) is 19.9. The average molecular weight is 744 g/mol. The summed E-state index contributed by atoms with van der Waals surface area (Å²) in [6.45, 7) is 12.5. The van der Waals surface area contributed by atoms with Gasteiger partial charge in [-0.3, -0.25) is 4.98 Å². The van der Waals surface area contributed by atoms with E-state index >= 15 is 0 Å². The fourth-order valence-electron chi connectivity index (χ4n) is 4.97. The van der Waals surface area contributed by atoms with E-state index in [2.05, 4.69) is 44.6 Å². The Balaban J connectivity index is 0.00000139. The second kappa shape index (κ2) is 17.2.